The van der Waals surface area contributed by atoms with E-state index in [0.717, 1.165) is 35.7 Å². The van der Waals surface area contributed by atoms with Crippen molar-refractivity contribution in [2.45, 2.75) is 116 Å². The van der Waals surface area contributed by atoms with Crippen molar-refractivity contribution in [1.82, 2.24) is 25.6 Å². The lowest BCUT2D eigenvalue weighted by molar-refractivity contribution is -0.147. The Balaban J connectivity index is 1.66. The summed E-state index contributed by atoms with van der Waals surface area (Å²) in [4.78, 5) is 74.5. The van der Waals surface area contributed by atoms with Gasteiger partial charge in [0, 0.05) is 37.4 Å². The molecule has 3 heterocycles. The highest BCUT2D eigenvalue weighted by molar-refractivity contribution is 5.98. The third kappa shape index (κ3) is 8.23. The van der Waals surface area contributed by atoms with Crippen LogP contribution in [-0.2, 0) is 30.4 Å². The summed E-state index contributed by atoms with van der Waals surface area (Å²) in [6.07, 6.45) is 8.07. The quantitative estimate of drug-likeness (QED) is 0.311. The topological polar surface area (TPSA) is 139 Å². The highest BCUT2D eigenvalue weighted by Crippen LogP contribution is 2.24. The van der Waals surface area contributed by atoms with Gasteiger partial charge in [-0.25, -0.2) is 0 Å². The van der Waals surface area contributed by atoms with Crippen molar-refractivity contribution in [2.75, 3.05) is 13.7 Å². The molecule has 4 amide bonds. The van der Waals surface area contributed by atoms with Gasteiger partial charge in [-0.1, -0.05) is 58.2 Å². The number of benzene rings is 1. The molecule has 11 nitrogen and oxygen atoms in total. The van der Waals surface area contributed by atoms with Crippen molar-refractivity contribution < 1.29 is 28.8 Å². The van der Waals surface area contributed by atoms with Crippen LogP contribution < -0.4 is 20.8 Å². The van der Waals surface area contributed by atoms with E-state index in [4.69, 9.17) is 4.84 Å². The number of Topliss-reactive ketones (excluding diaryl/α,β-unsaturated/α-hetero) is 1. The second-order valence-corrected chi connectivity index (χ2v) is 12.4. The maximum Gasteiger partial charge on any atom is 0.246 e. The zero-order valence-electron chi connectivity index (χ0n) is 27.1. The Morgan fingerprint density at radius 2 is 1.69 bits per heavy atom. The predicted molar refractivity (Wildman–Crippen MR) is 171 cm³/mol. The normalized spacial score (nSPS) is 23.7. The first kappa shape index (κ1) is 34.0. The van der Waals surface area contributed by atoms with Gasteiger partial charge < -0.3 is 25.7 Å². The van der Waals surface area contributed by atoms with Crippen molar-refractivity contribution in [2.24, 2.45) is 5.92 Å². The average Bonchev–Trinajstić information content (AvgIpc) is 3.41. The van der Waals surface area contributed by atoms with E-state index < -0.39 is 36.0 Å². The van der Waals surface area contributed by atoms with Gasteiger partial charge in [-0.15, -0.1) is 0 Å². The number of aromatic nitrogens is 1. The van der Waals surface area contributed by atoms with Gasteiger partial charge in [-0.3, -0.25) is 24.0 Å². The number of nitrogens with zero attached hydrogens (tertiary/aromatic N) is 2. The van der Waals surface area contributed by atoms with E-state index in [0.29, 0.717) is 51.5 Å². The molecule has 2 saturated heterocycles. The van der Waals surface area contributed by atoms with Crippen LogP contribution in [0.2, 0.25) is 0 Å². The van der Waals surface area contributed by atoms with Crippen LogP contribution in [0.5, 0.6) is 0 Å². The molecule has 2 aliphatic heterocycles. The Bertz CT molecular complexity index is 1370. The minimum Gasteiger partial charge on any atom is -0.417 e. The number of rotatable bonds is 12. The van der Waals surface area contributed by atoms with Crippen molar-refractivity contribution >= 4 is 40.3 Å². The zero-order chi connectivity index (χ0) is 32.5. The molecule has 45 heavy (non-hydrogen) atoms. The molecular weight excluding hydrogens is 574 g/mol. The monoisotopic (exact) mass is 623 g/mol. The molecule has 3 N–H and O–H groups in total. The summed E-state index contributed by atoms with van der Waals surface area (Å²) >= 11 is 0. The third-order valence-electron chi connectivity index (χ3n) is 9.36. The second kappa shape index (κ2) is 15.9. The Kier molecular flexibility index (Phi) is 12.0. The van der Waals surface area contributed by atoms with Crippen LogP contribution in [0.25, 0.3) is 10.9 Å². The summed E-state index contributed by atoms with van der Waals surface area (Å²) in [5.74, 6) is -1.50. The SMILES string of the molecule is CCC(=O)CCCCC[C@@H]1NC(=O)[C@H]2CCCCN2C(=O)C([C@H](C)CC)NC(=O)[C@H](Cc2cn(OC)c3ccccc23)NC1=O. The molecule has 0 aliphatic carbocycles. The molecule has 4 rings (SSSR count). The average molecular weight is 624 g/mol. The Morgan fingerprint density at radius 3 is 2.42 bits per heavy atom. The van der Waals surface area contributed by atoms with Crippen LogP contribution in [0.4, 0.5) is 0 Å². The summed E-state index contributed by atoms with van der Waals surface area (Å²) in [5.41, 5.74) is 1.62. The molecule has 1 unspecified atom stereocenters. The van der Waals surface area contributed by atoms with Crippen LogP contribution in [-0.4, -0.2) is 76.9 Å². The molecule has 2 fully saturated rings. The standard InChI is InChI=1S/C34H49N5O6/c1-5-22(3)30-34(44)38-19-13-12-18-29(38)33(43)35-26(16-9-7-8-14-24(40)6-2)31(41)36-27(32(42)37-30)20-23-21-39(45-4)28-17-11-10-15-25(23)28/h10-11,15,17,21-22,26-27,29-30H,5-9,12-14,16,18-20H2,1-4H3,(H,35,43)(H,36,41)(H,37,42)/t22-,26+,27+,29-,30?/m1/s1. The zero-order valence-corrected chi connectivity index (χ0v) is 27.1. The third-order valence-corrected chi connectivity index (χ3v) is 9.36. The molecule has 11 heteroatoms. The van der Waals surface area contributed by atoms with Crippen LogP contribution in [0, 0.1) is 5.92 Å². The lowest BCUT2D eigenvalue weighted by Crippen LogP contribution is -2.64. The number of carbonyl (C=O) groups excluding carboxylic acids is 5. The first-order valence-electron chi connectivity index (χ1n) is 16.5. The Hall–Kier alpha value is -3.89. The molecule has 2 aliphatic rings. The second-order valence-electron chi connectivity index (χ2n) is 12.4. The van der Waals surface area contributed by atoms with Crippen molar-refractivity contribution in [1.29, 1.82) is 0 Å². The highest BCUT2D eigenvalue weighted by Gasteiger charge is 2.40. The number of fused-ring (bicyclic) bond motifs is 2. The highest BCUT2D eigenvalue weighted by atomic mass is 16.6. The van der Waals surface area contributed by atoms with Gasteiger partial charge in [0.2, 0.25) is 23.6 Å². The number of hydrogen-bond acceptors (Lipinski definition) is 6. The Labute approximate surface area is 265 Å². The summed E-state index contributed by atoms with van der Waals surface area (Å²) < 4.78 is 1.62. The first-order chi connectivity index (χ1) is 21.7. The molecule has 246 valence electrons. The van der Waals surface area contributed by atoms with E-state index in [9.17, 15) is 24.0 Å². The van der Waals surface area contributed by atoms with Gasteiger partial charge in [0.15, 0.2) is 0 Å². The number of ketones is 1. The van der Waals surface area contributed by atoms with Crippen LogP contribution in [0.15, 0.2) is 30.5 Å². The molecule has 1 aromatic heterocycles. The van der Waals surface area contributed by atoms with Crippen molar-refractivity contribution in [3.63, 3.8) is 0 Å². The first-order valence-corrected chi connectivity index (χ1v) is 16.5. The number of unbranched alkanes of at least 4 members (excludes halogenated alkanes) is 2. The van der Waals surface area contributed by atoms with E-state index in [2.05, 4.69) is 16.0 Å². The molecule has 0 saturated carbocycles. The van der Waals surface area contributed by atoms with E-state index in [-0.39, 0.29) is 29.9 Å². The minimum absolute atomic E-state index is 0.155. The van der Waals surface area contributed by atoms with Crippen molar-refractivity contribution in [3.8, 4) is 0 Å². The van der Waals surface area contributed by atoms with Crippen LogP contribution in [0.1, 0.15) is 90.5 Å². The fraction of sp³-hybridized carbons (Fsp3) is 0.618. The molecule has 0 radical (unpaired) electrons. The summed E-state index contributed by atoms with van der Waals surface area (Å²) in [6.45, 7) is 6.14. The number of amides is 4. The number of nitrogens with one attached hydrogen (secondary N) is 3. The van der Waals surface area contributed by atoms with Gasteiger partial charge in [-0.2, -0.15) is 4.73 Å². The summed E-state index contributed by atoms with van der Waals surface area (Å²) in [7, 11) is 1.56. The van der Waals surface area contributed by atoms with Gasteiger partial charge in [-0.05, 0) is 49.7 Å². The molecule has 2 aromatic rings. The van der Waals surface area contributed by atoms with Crippen LogP contribution in [0.3, 0.4) is 0 Å². The molecule has 0 bridgehead atoms. The van der Waals surface area contributed by atoms with Gasteiger partial charge in [0.1, 0.15) is 37.1 Å². The van der Waals surface area contributed by atoms with Gasteiger partial charge in [0.25, 0.3) is 0 Å². The van der Waals surface area contributed by atoms with E-state index >= 15 is 0 Å². The van der Waals surface area contributed by atoms with Crippen LogP contribution >= 0.6 is 0 Å². The lowest BCUT2D eigenvalue weighted by atomic mass is 9.93. The Morgan fingerprint density at radius 1 is 0.956 bits per heavy atom. The van der Waals surface area contributed by atoms with Crippen molar-refractivity contribution in [3.05, 3.63) is 36.0 Å². The van der Waals surface area contributed by atoms with E-state index in [1.807, 2.05) is 45.0 Å². The smallest absolute Gasteiger partial charge is 0.246 e. The van der Waals surface area contributed by atoms with E-state index in [1.54, 1.807) is 22.9 Å². The number of hydrogen-bond donors (Lipinski definition) is 3. The largest absolute Gasteiger partial charge is 0.417 e. The molecule has 0 spiro atoms. The lowest BCUT2D eigenvalue weighted by Gasteiger charge is -2.39. The fourth-order valence-corrected chi connectivity index (χ4v) is 6.38. The number of piperidine rings is 1. The van der Waals surface area contributed by atoms with E-state index in [1.165, 1.54) is 0 Å². The summed E-state index contributed by atoms with van der Waals surface area (Å²) in [5, 5.41) is 9.75. The fourth-order valence-electron chi connectivity index (χ4n) is 6.38. The maximum absolute atomic E-state index is 14.0. The summed E-state index contributed by atoms with van der Waals surface area (Å²) in [6, 6.07) is 4.20. The number of carbonyl (C=O) groups is 5. The molecule has 1 aromatic carbocycles. The minimum atomic E-state index is -1.01. The molecule has 5 atom stereocenters. The predicted octanol–water partition coefficient (Wildman–Crippen LogP) is 3.07. The van der Waals surface area contributed by atoms with Gasteiger partial charge in [0.05, 0.1) is 5.52 Å². The molecular formula is C34H49N5O6. The maximum atomic E-state index is 14.0. The van der Waals surface area contributed by atoms with Gasteiger partial charge >= 0.3 is 0 Å². The number of para-hydroxylation sites is 1.